The van der Waals surface area contributed by atoms with Crippen molar-refractivity contribution in [1.82, 2.24) is 20.9 Å². The van der Waals surface area contributed by atoms with Gasteiger partial charge in [0, 0.05) is 31.6 Å². The van der Waals surface area contributed by atoms with Crippen LogP contribution in [0, 0.1) is 5.82 Å². The van der Waals surface area contributed by atoms with Gasteiger partial charge in [-0.25, -0.2) is 9.18 Å². The molecule has 1 aliphatic rings. The van der Waals surface area contributed by atoms with Crippen molar-refractivity contribution in [2.24, 2.45) is 4.99 Å². The van der Waals surface area contributed by atoms with Gasteiger partial charge in [-0.2, -0.15) is 0 Å². The lowest BCUT2D eigenvalue weighted by molar-refractivity contribution is -0.124. The Morgan fingerprint density at radius 2 is 2.00 bits per heavy atom. The topological polar surface area (TPSA) is 85.8 Å². The number of imide groups is 1. The first kappa shape index (κ1) is 19.0. The molecule has 0 spiro atoms. The first-order valence-electron chi connectivity index (χ1n) is 8.01. The summed E-state index contributed by atoms with van der Waals surface area (Å²) in [5.41, 5.74) is 0. The van der Waals surface area contributed by atoms with Gasteiger partial charge in [0.25, 0.3) is 0 Å². The number of nitrogens with zero attached hydrogens (tertiary/aromatic N) is 2. The van der Waals surface area contributed by atoms with E-state index < -0.39 is 0 Å². The Kier molecular flexibility index (Phi) is 7.52. The van der Waals surface area contributed by atoms with E-state index in [4.69, 9.17) is 0 Å². The molecule has 3 N–H and O–H groups in total. The third-order valence-electron chi connectivity index (χ3n) is 3.48. The van der Waals surface area contributed by atoms with Crippen LogP contribution in [0.15, 0.2) is 34.2 Å². The molecule has 9 heteroatoms. The minimum Gasteiger partial charge on any atom is -0.356 e. The standard InChI is InChI=1S/C16H22FN5O2S/c1-18-15(20-8-9-22-14(23)11-21-16(22)24)19-7-2-10-25-13-5-3-12(17)4-6-13/h3-6H,2,7-11H2,1H3,(H,21,24)(H2,18,19,20). The van der Waals surface area contributed by atoms with Crippen molar-refractivity contribution in [2.45, 2.75) is 11.3 Å². The lowest BCUT2D eigenvalue weighted by atomic mass is 10.4. The van der Waals surface area contributed by atoms with Gasteiger partial charge in [0.1, 0.15) is 5.82 Å². The fraction of sp³-hybridized carbons (Fsp3) is 0.438. The first-order chi connectivity index (χ1) is 12.1. The van der Waals surface area contributed by atoms with Crippen LogP contribution >= 0.6 is 11.8 Å². The number of amides is 3. The Hall–Kier alpha value is -2.29. The van der Waals surface area contributed by atoms with Gasteiger partial charge < -0.3 is 16.0 Å². The van der Waals surface area contributed by atoms with Crippen LogP contribution in [0.25, 0.3) is 0 Å². The number of urea groups is 1. The third-order valence-corrected chi connectivity index (χ3v) is 4.58. The predicted octanol–water partition coefficient (Wildman–Crippen LogP) is 1.02. The van der Waals surface area contributed by atoms with E-state index in [0.29, 0.717) is 19.0 Å². The molecule has 1 aliphatic heterocycles. The van der Waals surface area contributed by atoms with Gasteiger partial charge in [-0.1, -0.05) is 0 Å². The van der Waals surface area contributed by atoms with Crippen molar-refractivity contribution in [3.8, 4) is 0 Å². The minimum absolute atomic E-state index is 0.0670. The molecule has 1 aromatic rings. The van der Waals surface area contributed by atoms with Gasteiger partial charge in [0.2, 0.25) is 5.91 Å². The summed E-state index contributed by atoms with van der Waals surface area (Å²) in [6.07, 6.45) is 0.912. The average molecular weight is 367 g/mol. The van der Waals surface area contributed by atoms with Crippen molar-refractivity contribution < 1.29 is 14.0 Å². The van der Waals surface area contributed by atoms with Crippen molar-refractivity contribution >= 4 is 29.7 Å². The van der Waals surface area contributed by atoms with Gasteiger partial charge in [-0.15, -0.1) is 11.8 Å². The summed E-state index contributed by atoms with van der Waals surface area (Å²) in [5.74, 6) is 1.08. The summed E-state index contributed by atoms with van der Waals surface area (Å²) in [5, 5.41) is 8.72. The predicted molar refractivity (Wildman–Crippen MR) is 96.2 cm³/mol. The van der Waals surface area contributed by atoms with Crippen LogP contribution in [0.4, 0.5) is 9.18 Å². The van der Waals surface area contributed by atoms with Gasteiger partial charge in [0.05, 0.1) is 6.54 Å². The van der Waals surface area contributed by atoms with E-state index in [9.17, 15) is 14.0 Å². The molecule has 2 rings (SSSR count). The molecule has 25 heavy (non-hydrogen) atoms. The molecule has 7 nitrogen and oxygen atoms in total. The Morgan fingerprint density at radius 3 is 2.64 bits per heavy atom. The lowest BCUT2D eigenvalue weighted by Gasteiger charge is -2.15. The van der Waals surface area contributed by atoms with Crippen molar-refractivity contribution in [1.29, 1.82) is 0 Å². The summed E-state index contributed by atoms with van der Waals surface area (Å²) in [6.45, 7) is 1.53. The zero-order chi connectivity index (χ0) is 18.1. The van der Waals surface area contributed by atoms with Crippen LogP contribution in [0.2, 0.25) is 0 Å². The summed E-state index contributed by atoms with van der Waals surface area (Å²) >= 11 is 1.67. The van der Waals surface area contributed by atoms with Crippen LogP contribution < -0.4 is 16.0 Å². The molecule has 1 saturated heterocycles. The van der Waals surface area contributed by atoms with Gasteiger partial charge in [-0.3, -0.25) is 14.7 Å². The van der Waals surface area contributed by atoms with E-state index in [2.05, 4.69) is 20.9 Å². The Bertz CT molecular complexity index is 607. The number of hydrogen-bond acceptors (Lipinski definition) is 4. The highest BCUT2D eigenvalue weighted by atomic mass is 32.2. The number of halogens is 1. The molecule has 0 radical (unpaired) electrons. The van der Waals surface area contributed by atoms with E-state index in [1.807, 2.05) is 0 Å². The van der Waals surface area contributed by atoms with Gasteiger partial charge in [-0.05, 0) is 36.4 Å². The maximum absolute atomic E-state index is 12.8. The molecule has 0 aromatic heterocycles. The molecule has 0 aliphatic carbocycles. The zero-order valence-electron chi connectivity index (χ0n) is 14.0. The van der Waals surface area contributed by atoms with E-state index in [-0.39, 0.29) is 24.3 Å². The maximum atomic E-state index is 12.8. The van der Waals surface area contributed by atoms with E-state index in [0.717, 1.165) is 23.6 Å². The normalized spacial score (nSPS) is 14.6. The number of rotatable bonds is 8. The number of carbonyl (C=O) groups excluding carboxylic acids is 2. The molecule has 1 heterocycles. The molecule has 0 saturated carbocycles. The number of benzene rings is 1. The van der Waals surface area contributed by atoms with E-state index in [1.54, 1.807) is 30.9 Å². The first-order valence-corrected chi connectivity index (χ1v) is 9.00. The summed E-state index contributed by atoms with van der Waals surface area (Å²) in [7, 11) is 1.66. The smallest absolute Gasteiger partial charge is 0.324 e. The Balaban J connectivity index is 1.58. The highest BCUT2D eigenvalue weighted by Crippen LogP contribution is 2.18. The molecular formula is C16H22FN5O2S. The average Bonchev–Trinajstić information content (AvgIpc) is 2.93. The minimum atomic E-state index is -0.354. The second kappa shape index (κ2) is 9.87. The Morgan fingerprint density at radius 1 is 1.28 bits per heavy atom. The van der Waals surface area contributed by atoms with E-state index in [1.165, 1.54) is 17.0 Å². The van der Waals surface area contributed by atoms with Crippen LogP contribution in [0.3, 0.4) is 0 Å². The Labute approximate surface area is 150 Å². The second-order valence-electron chi connectivity index (χ2n) is 5.29. The SMILES string of the molecule is CN=C(NCCCSc1ccc(F)cc1)NCCN1C(=O)CNC1=O. The van der Waals surface area contributed by atoms with Crippen molar-refractivity contribution in [3.63, 3.8) is 0 Å². The zero-order valence-corrected chi connectivity index (χ0v) is 14.9. The van der Waals surface area contributed by atoms with Crippen LogP contribution in [0.5, 0.6) is 0 Å². The number of thioether (sulfide) groups is 1. The van der Waals surface area contributed by atoms with Gasteiger partial charge in [0.15, 0.2) is 5.96 Å². The molecule has 1 fully saturated rings. The fourth-order valence-electron chi connectivity index (χ4n) is 2.19. The monoisotopic (exact) mass is 367 g/mol. The number of hydrogen-bond donors (Lipinski definition) is 3. The fourth-order valence-corrected chi connectivity index (χ4v) is 3.04. The second-order valence-corrected chi connectivity index (χ2v) is 6.45. The summed E-state index contributed by atoms with van der Waals surface area (Å²) in [6, 6.07) is 6.09. The maximum Gasteiger partial charge on any atom is 0.324 e. The quantitative estimate of drug-likeness (QED) is 0.210. The van der Waals surface area contributed by atoms with Crippen LogP contribution in [-0.4, -0.2) is 61.8 Å². The molecule has 3 amide bonds. The largest absolute Gasteiger partial charge is 0.356 e. The van der Waals surface area contributed by atoms with Crippen LogP contribution in [-0.2, 0) is 4.79 Å². The van der Waals surface area contributed by atoms with Crippen molar-refractivity contribution in [3.05, 3.63) is 30.1 Å². The number of aliphatic imine (C=N–C) groups is 1. The molecule has 0 bridgehead atoms. The number of carbonyl (C=O) groups is 2. The highest BCUT2D eigenvalue weighted by Gasteiger charge is 2.27. The number of nitrogens with one attached hydrogen (secondary N) is 3. The van der Waals surface area contributed by atoms with E-state index >= 15 is 0 Å². The van der Waals surface area contributed by atoms with Gasteiger partial charge >= 0.3 is 6.03 Å². The van der Waals surface area contributed by atoms with Crippen LogP contribution in [0.1, 0.15) is 6.42 Å². The third kappa shape index (κ3) is 6.26. The summed E-state index contributed by atoms with van der Waals surface area (Å²) in [4.78, 5) is 29.2. The molecular weight excluding hydrogens is 345 g/mol. The molecule has 0 unspecified atom stereocenters. The van der Waals surface area contributed by atoms with Crippen molar-refractivity contribution in [2.75, 3.05) is 39.0 Å². The number of guanidine groups is 1. The molecule has 136 valence electrons. The summed E-state index contributed by atoms with van der Waals surface area (Å²) < 4.78 is 12.8. The molecule has 1 aromatic carbocycles. The molecule has 0 atom stereocenters. The highest BCUT2D eigenvalue weighted by molar-refractivity contribution is 7.99. The lowest BCUT2D eigenvalue weighted by Crippen LogP contribution is -2.43.